The second kappa shape index (κ2) is 16.1. The maximum atomic E-state index is 13.0. The quantitative estimate of drug-likeness (QED) is 0.0957. The number of benzene rings is 2. The Bertz CT molecular complexity index is 1910. The number of allylic oxidation sites excluding steroid dienone is 6. The van der Waals surface area contributed by atoms with Gasteiger partial charge in [0.25, 0.3) is 0 Å². The lowest BCUT2D eigenvalue weighted by atomic mass is 9.78. The number of nitriles is 2. The number of carbonyl (C=O) groups excluding carboxylic acids is 1. The summed E-state index contributed by atoms with van der Waals surface area (Å²) in [5, 5.41) is 41.6. The Labute approximate surface area is 295 Å². The molecular weight excluding hydrogens is 698 g/mol. The third-order valence-electron chi connectivity index (χ3n) is 7.85. The highest BCUT2D eigenvalue weighted by Crippen LogP contribution is 2.44. The van der Waals surface area contributed by atoms with E-state index in [-0.39, 0.29) is 42.1 Å². The number of ether oxygens (including phenoxy) is 2. The van der Waals surface area contributed by atoms with Crippen LogP contribution in [-0.4, -0.2) is 53.1 Å². The van der Waals surface area contributed by atoms with E-state index >= 15 is 0 Å². The molecule has 10 nitrogen and oxygen atoms in total. The highest BCUT2D eigenvalue weighted by Gasteiger charge is 2.48. The normalized spacial score (nSPS) is 15.0. The van der Waals surface area contributed by atoms with Gasteiger partial charge in [-0.25, -0.2) is 0 Å². The van der Waals surface area contributed by atoms with Gasteiger partial charge in [-0.05, 0) is 80.8 Å². The van der Waals surface area contributed by atoms with Crippen molar-refractivity contribution >= 4 is 29.0 Å². The summed E-state index contributed by atoms with van der Waals surface area (Å²) in [4.78, 5) is 24.5. The lowest BCUT2D eigenvalue weighted by Crippen LogP contribution is -2.33. The summed E-state index contributed by atoms with van der Waals surface area (Å²) in [5.41, 5.74) is 0.755. The second-order valence-electron chi connectivity index (χ2n) is 12.4. The summed E-state index contributed by atoms with van der Waals surface area (Å²) in [6.45, 7) is 7.94. The average molecular weight is 733 g/mol. The molecule has 2 aromatic carbocycles. The Morgan fingerprint density at radius 3 is 2.04 bits per heavy atom. The maximum absolute atomic E-state index is 13.0. The van der Waals surface area contributed by atoms with Gasteiger partial charge in [-0.3, -0.25) is 4.79 Å². The monoisotopic (exact) mass is 732 g/mol. The highest BCUT2D eigenvalue weighted by atomic mass is 19.4. The van der Waals surface area contributed by atoms with Gasteiger partial charge in [0.1, 0.15) is 35.6 Å². The molecule has 1 aliphatic heterocycles. The van der Waals surface area contributed by atoms with Gasteiger partial charge in [0, 0.05) is 41.9 Å². The van der Waals surface area contributed by atoms with Gasteiger partial charge in [0.2, 0.25) is 11.4 Å². The van der Waals surface area contributed by atoms with Crippen molar-refractivity contribution in [2.75, 3.05) is 18.0 Å². The molecule has 1 N–H and O–H groups in total. The molecule has 0 aliphatic carbocycles. The first-order chi connectivity index (χ1) is 24.1. The number of carboxylic acids is 2. The number of nitrogens with zero attached hydrogens (tertiary/aromatic N) is 4. The zero-order valence-corrected chi connectivity index (χ0v) is 28.6. The van der Waals surface area contributed by atoms with E-state index in [1.54, 1.807) is 34.6 Å². The Morgan fingerprint density at radius 1 is 0.962 bits per heavy atom. The molecule has 0 aromatic heterocycles. The van der Waals surface area contributed by atoms with E-state index < -0.39 is 53.9 Å². The minimum atomic E-state index is -4.97. The molecule has 52 heavy (non-hydrogen) atoms. The topological polar surface area (TPSA) is 150 Å². The van der Waals surface area contributed by atoms with Gasteiger partial charge >= 0.3 is 18.7 Å². The van der Waals surface area contributed by atoms with Crippen LogP contribution in [-0.2, 0) is 15.0 Å². The molecule has 0 atom stereocenters. The van der Waals surface area contributed by atoms with E-state index in [1.807, 2.05) is 0 Å². The summed E-state index contributed by atoms with van der Waals surface area (Å²) in [6, 6.07) is 12.4. The van der Waals surface area contributed by atoms with Crippen molar-refractivity contribution in [3.8, 4) is 23.6 Å². The zero-order valence-electron chi connectivity index (χ0n) is 28.6. The number of carboxylic acid groups (broad SMARTS) is 2. The van der Waals surface area contributed by atoms with Gasteiger partial charge in [-0.15, -0.1) is 26.3 Å². The van der Waals surface area contributed by atoms with Gasteiger partial charge in [0.05, 0.1) is 11.0 Å². The third kappa shape index (κ3) is 10.4. The Hall–Kier alpha value is -5.77. The molecular formula is C36H34F6N4O6. The lowest BCUT2D eigenvalue weighted by molar-refractivity contribution is -0.437. The first-order valence-corrected chi connectivity index (χ1v) is 15.6. The predicted octanol–water partition coefficient (Wildman–Crippen LogP) is 6.81. The van der Waals surface area contributed by atoms with Crippen LogP contribution >= 0.6 is 0 Å². The van der Waals surface area contributed by atoms with Crippen LogP contribution in [0.5, 0.6) is 11.5 Å². The van der Waals surface area contributed by atoms with Crippen LogP contribution in [0.3, 0.4) is 0 Å². The summed E-state index contributed by atoms with van der Waals surface area (Å²) in [7, 11) is 0. The molecule has 1 heterocycles. The number of fused-ring (bicyclic) bond motifs is 1. The molecule has 276 valence electrons. The minimum absolute atomic E-state index is 0.0103. The van der Waals surface area contributed by atoms with E-state index in [1.165, 1.54) is 45.9 Å². The van der Waals surface area contributed by atoms with E-state index in [9.17, 15) is 56.7 Å². The van der Waals surface area contributed by atoms with Crippen molar-refractivity contribution in [1.29, 1.82) is 10.5 Å². The Kier molecular flexibility index (Phi) is 12.6. The van der Waals surface area contributed by atoms with E-state index in [0.717, 1.165) is 18.2 Å². The van der Waals surface area contributed by atoms with Gasteiger partial charge in [-0.2, -0.15) is 15.1 Å². The standard InChI is InChI=1S/C36H34F6N4O6/c1-21(2)32(45(14-12-30(47)48)25-6-8-26(9-7-25)51-35(37,38)39)23(19-43)16-22(3)17-24(20-44)33-34(4,5)28-18-27(52-36(40,41)42)10-11-29(28)46(33)15-13-31(49)50/h6-11,16-18,21H,12-15H2,1-5H3,(H-,47,48,49,50). The van der Waals surface area contributed by atoms with Crippen molar-refractivity contribution in [1.82, 2.24) is 0 Å². The predicted molar refractivity (Wildman–Crippen MR) is 173 cm³/mol. The van der Waals surface area contributed by atoms with Crippen LogP contribution in [0.2, 0.25) is 0 Å². The molecule has 2 aromatic rings. The molecule has 0 unspecified atom stereocenters. The smallest absolute Gasteiger partial charge is 0.550 e. The molecule has 16 heteroatoms. The molecule has 1 aliphatic rings. The number of hydrogen-bond donors (Lipinski definition) is 1. The van der Waals surface area contributed by atoms with Crippen LogP contribution < -0.4 is 19.5 Å². The van der Waals surface area contributed by atoms with Crippen molar-refractivity contribution in [3.63, 3.8) is 0 Å². The number of halogens is 6. The first-order valence-electron chi connectivity index (χ1n) is 15.6. The van der Waals surface area contributed by atoms with Gasteiger partial charge in [0.15, 0.2) is 6.54 Å². The number of carbonyl (C=O) groups is 2. The van der Waals surface area contributed by atoms with Crippen molar-refractivity contribution < 1.29 is 60.2 Å². The summed E-state index contributed by atoms with van der Waals surface area (Å²) in [6.07, 6.45) is -7.96. The zero-order chi connectivity index (χ0) is 39.2. The average Bonchev–Trinajstić information content (AvgIpc) is 3.23. The molecule has 3 rings (SSSR count). The highest BCUT2D eigenvalue weighted by molar-refractivity contribution is 6.10. The number of aliphatic carboxylic acids is 2. The van der Waals surface area contributed by atoms with Crippen LogP contribution in [0, 0.1) is 28.6 Å². The van der Waals surface area contributed by atoms with Crippen LogP contribution in [0.1, 0.15) is 53.0 Å². The Balaban J connectivity index is 2.20. The molecule has 0 amide bonds. The van der Waals surface area contributed by atoms with Gasteiger partial charge in [-0.1, -0.05) is 13.8 Å². The molecule has 0 saturated carbocycles. The van der Waals surface area contributed by atoms with Crippen molar-refractivity contribution in [2.24, 2.45) is 5.92 Å². The number of hydrogen-bond acceptors (Lipinski definition) is 8. The molecule has 0 spiro atoms. The van der Waals surface area contributed by atoms with E-state index in [2.05, 4.69) is 21.6 Å². The minimum Gasteiger partial charge on any atom is -0.550 e. The number of alkyl halides is 6. The van der Waals surface area contributed by atoms with E-state index in [4.69, 9.17) is 0 Å². The van der Waals surface area contributed by atoms with Crippen LogP contribution in [0.15, 0.2) is 77.0 Å². The number of anilines is 1. The van der Waals surface area contributed by atoms with Crippen LogP contribution in [0.25, 0.3) is 0 Å². The summed E-state index contributed by atoms with van der Waals surface area (Å²) < 4.78 is 87.0. The Morgan fingerprint density at radius 2 is 1.54 bits per heavy atom. The largest absolute Gasteiger partial charge is 0.573 e. The van der Waals surface area contributed by atoms with Crippen molar-refractivity contribution in [3.05, 3.63) is 82.6 Å². The van der Waals surface area contributed by atoms with Crippen molar-refractivity contribution in [2.45, 2.75) is 65.6 Å². The molecule has 0 radical (unpaired) electrons. The summed E-state index contributed by atoms with van der Waals surface area (Å²) in [5.74, 6) is -4.06. The number of rotatable bonds is 14. The fraction of sp³-hybridized carbons (Fsp3) is 0.361. The van der Waals surface area contributed by atoms with Gasteiger partial charge < -0.3 is 29.4 Å². The molecule has 0 bridgehead atoms. The second-order valence-corrected chi connectivity index (χ2v) is 12.4. The first kappa shape index (κ1) is 40.7. The SMILES string of the molecule is CC(/C=C(\C#N)C1=[N+](CCC(=O)O)c2ccc(OC(F)(F)F)cc2C1(C)C)=C\C(C#N)=C(/C(C)C)N(CCC(=O)[O-])c1ccc(OC(F)(F)F)cc1. The maximum Gasteiger partial charge on any atom is 0.573 e. The molecule has 0 fully saturated rings. The molecule has 0 saturated heterocycles. The fourth-order valence-electron chi connectivity index (χ4n) is 5.96. The van der Waals surface area contributed by atoms with Crippen LogP contribution in [0.4, 0.5) is 37.7 Å². The third-order valence-corrected chi connectivity index (χ3v) is 7.85. The lowest BCUT2D eigenvalue weighted by Gasteiger charge is -2.31. The fourth-order valence-corrected chi connectivity index (χ4v) is 5.96. The summed E-state index contributed by atoms with van der Waals surface area (Å²) >= 11 is 0. The van der Waals surface area contributed by atoms with E-state index in [0.29, 0.717) is 22.5 Å².